The number of carbonyl (C=O) groups excluding carboxylic acids is 1. The quantitative estimate of drug-likeness (QED) is 0.726. The zero-order chi connectivity index (χ0) is 11.3. The molecule has 0 radical (unpaired) electrons. The highest BCUT2D eigenvalue weighted by atomic mass is 16.1. The molecule has 0 unspecified atom stereocenters. The second-order valence-corrected chi connectivity index (χ2v) is 4.10. The number of carbonyl (C=O) groups is 1. The lowest BCUT2D eigenvalue weighted by molar-refractivity contribution is -0.116. The zero-order valence-electron chi connectivity index (χ0n) is 9.71. The summed E-state index contributed by atoms with van der Waals surface area (Å²) in [6.45, 7) is 5.79. The van der Waals surface area contributed by atoms with Gasteiger partial charge in [0.25, 0.3) is 0 Å². The molecule has 0 aliphatic rings. The van der Waals surface area contributed by atoms with Crippen molar-refractivity contribution in [3.63, 3.8) is 0 Å². The molecule has 1 aromatic rings. The second-order valence-electron chi connectivity index (χ2n) is 4.10. The molecule has 80 valence electrons. The van der Waals surface area contributed by atoms with E-state index >= 15 is 0 Å². The third-order valence-electron chi connectivity index (χ3n) is 2.36. The molecule has 0 spiro atoms. The van der Waals surface area contributed by atoms with E-state index in [1.165, 1.54) is 16.7 Å². The van der Waals surface area contributed by atoms with Crippen LogP contribution >= 0.6 is 0 Å². The Bertz CT molecular complexity index is 357. The largest absolute Gasteiger partial charge is 0.300 e. The molecule has 0 N–H and O–H groups in total. The van der Waals surface area contributed by atoms with E-state index in [2.05, 4.69) is 44.2 Å². The van der Waals surface area contributed by atoms with Crippen molar-refractivity contribution < 1.29 is 4.79 Å². The average Bonchev–Trinajstić information content (AvgIpc) is 2.19. The van der Waals surface area contributed by atoms with Gasteiger partial charge < -0.3 is 4.79 Å². The molecule has 0 amide bonds. The van der Waals surface area contributed by atoms with Crippen LogP contribution < -0.4 is 0 Å². The number of benzene rings is 1. The maximum Gasteiger partial charge on any atom is 0.130 e. The summed E-state index contributed by atoms with van der Waals surface area (Å²) in [5, 5.41) is 0. The van der Waals surface area contributed by atoms with Gasteiger partial charge in [-0.15, -0.1) is 0 Å². The Morgan fingerprint density at radius 3 is 2.27 bits per heavy atom. The van der Waals surface area contributed by atoms with E-state index in [0.717, 1.165) is 6.42 Å². The van der Waals surface area contributed by atoms with Crippen molar-refractivity contribution in [2.24, 2.45) is 0 Å². The zero-order valence-corrected chi connectivity index (χ0v) is 9.71. The Morgan fingerprint density at radius 2 is 1.73 bits per heavy atom. The minimum absolute atomic E-state index is 0.256. The minimum Gasteiger partial charge on any atom is -0.300 e. The van der Waals surface area contributed by atoms with Gasteiger partial charge in [-0.05, 0) is 32.8 Å². The number of ketones is 1. The molecule has 0 fully saturated rings. The van der Waals surface area contributed by atoms with Crippen LogP contribution in [0.2, 0.25) is 0 Å². The van der Waals surface area contributed by atoms with Gasteiger partial charge in [0.1, 0.15) is 5.78 Å². The molecule has 0 saturated carbocycles. The van der Waals surface area contributed by atoms with Crippen molar-refractivity contribution in [2.45, 2.75) is 33.6 Å². The van der Waals surface area contributed by atoms with Crippen molar-refractivity contribution in [1.29, 1.82) is 0 Å². The molecule has 0 bridgehead atoms. The summed E-state index contributed by atoms with van der Waals surface area (Å²) >= 11 is 0. The smallest absolute Gasteiger partial charge is 0.130 e. The first-order valence-corrected chi connectivity index (χ1v) is 5.31. The SMILES string of the molecule is CC(=O)CCC(C)=Cc1ccc(C)cc1. The lowest BCUT2D eigenvalue weighted by atomic mass is 10.1. The normalized spacial score (nSPS) is 11.5. The van der Waals surface area contributed by atoms with Crippen LogP contribution in [0.4, 0.5) is 0 Å². The van der Waals surface area contributed by atoms with Crippen molar-refractivity contribution in [2.75, 3.05) is 0 Å². The van der Waals surface area contributed by atoms with Gasteiger partial charge in [0.2, 0.25) is 0 Å². The Hall–Kier alpha value is -1.37. The van der Waals surface area contributed by atoms with Gasteiger partial charge in [0.15, 0.2) is 0 Å². The molecule has 1 aromatic carbocycles. The van der Waals surface area contributed by atoms with E-state index < -0.39 is 0 Å². The van der Waals surface area contributed by atoms with Crippen LogP contribution in [0.15, 0.2) is 29.8 Å². The van der Waals surface area contributed by atoms with E-state index in [9.17, 15) is 4.79 Å². The number of rotatable bonds is 4. The van der Waals surface area contributed by atoms with E-state index in [1.54, 1.807) is 6.92 Å². The summed E-state index contributed by atoms with van der Waals surface area (Å²) in [6.07, 6.45) is 3.65. The molecule has 0 heterocycles. The molecule has 0 saturated heterocycles. The molecule has 0 aliphatic heterocycles. The minimum atomic E-state index is 0.256. The highest BCUT2D eigenvalue weighted by Crippen LogP contribution is 2.12. The first-order chi connectivity index (χ1) is 7.08. The van der Waals surface area contributed by atoms with Gasteiger partial charge in [-0.3, -0.25) is 0 Å². The third-order valence-corrected chi connectivity index (χ3v) is 2.36. The number of aryl methyl sites for hydroxylation is 1. The third kappa shape index (κ3) is 4.59. The molecule has 0 aliphatic carbocycles. The van der Waals surface area contributed by atoms with Crippen LogP contribution in [0.1, 0.15) is 37.8 Å². The first-order valence-electron chi connectivity index (χ1n) is 5.31. The lowest BCUT2D eigenvalue weighted by Crippen LogP contribution is -1.89. The van der Waals surface area contributed by atoms with Crippen LogP contribution in [-0.2, 0) is 4.79 Å². The Balaban J connectivity index is 2.62. The highest BCUT2D eigenvalue weighted by molar-refractivity contribution is 5.75. The van der Waals surface area contributed by atoms with Crippen LogP contribution in [0.5, 0.6) is 0 Å². The fourth-order valence-electron chi connectivity index (χ4n) is 1.39. The fourth-order valence-corrected chi connectivity index (χ4v) is 1.39. The predicted octanol–water partition coefficient (Wildman–Crippen LogP) is 3.77. The van der Waals surface area contributed by atoms with Gasteiger partial charge in [-0.25, -0.2) is 0 Å². The van der Waals surface area contributed by atoms with Crippen LogP contribution in [0.25, 0.3) is 6.08 Å². The molecule has 1 heteroatoms. The molecule has 0 aromatic heterocycles. The Kier molecular flexibility index (Phi) is 4.29. The maximum absolute atomic E-state index is 10.8. The molecule has 15 heavy (non-hydrogen) atoms. The molecular weight excluding hydrogens is 184 g/mol. The van der Waals surface area contributed by atoms with E-state index in [-0.39, 0.29) is 5.78 Å². The molecular formula is C14H18O. The summed E-state index contributed by atoms with van der Waals surface area (Å²) in [7, 11) is 0. The van der Waals surface area contributed by atoms with Gasteiger partial charge in [0, 0.05) is 6.42 Å². The van der Waals surface area contributed by atoms with Crippen molar-refractivity contribution >= 4 is 11.9 Å². The van der Waals surface area contributed by atoms with E-state index in [4.69, 9.17) is 0 Å². The van der Waals surface area contributed by atoms with E-state index in [1.807, 2.05) is 0 Å². The van der Waals surface area contributed by atoms with Crippen molar-refractivity contribution in [3.05, 3.63) is 41.0 Å². The van der Waals surface area contributed by atoms with Gasteiger partial charge >= 0.3 is 0 Å². The summed E-state index contributed by atoms with van der Waals surface area (Å²) < 4.78 is 0. The predicted molar refractivity (Wildman–Crippen MR) is 64.7 cm³/mol. The molecule has 1 nitrogen and oxygen atoms in total. The Labute approximate surface area is 91.8 Å². The summed E-state index contributed by atoms with van der Waals surface area (Å²) in [5.74, 6) is 0.256. The standard InChI is InChI=1S/C14H18O/c1-11-5-8-14(9-6-11)10-12(2)4-7-13(3)15/h5-6,8-10H,4,7H2,1-3H3. The fraction of sp³-hybridized carbons (Fsp3) is 0.357. The monoisotopic (exact) mass is 202 g/mol. The number of Topliss-reactive ketones (excluding diaryl/α,β-unsaturated/α-hetero) is 1. The maximum atomic E-state index is 10.8. The van der Waals surface area contributed by atoms with Crippen LogP contribution in [0, 0.1) is 6.92 Å². The molecule has 1 rings (SSSR count). The summed E-state index contributed by atoms with van der Waals surface area (Å²) in [6, 6.07) is 8.41. The second kappa shape index (κ2) is 5.50. The lowest BCUT2D eigenvalue weighted by Gasteiger charge is -2.00. The summed E-state index contributed by atoms with van der Waals surface area (Å²) in [5.41, 5.74) is 3.74. The first kappa shape index (κ1) is 11.7. The van der Waals surface area contributed by atoms with Gasteiger partial charge in [-0.1, -0.05) is 41.5 Å². The van der Waals surface area contributed by atoms with Gasteiger partial charge in [-0.2, -0.15) is 0 Å². The number of allylic oxidation sites excluding steroid dienone is 1. The van der Waals surface area contributed by atoms with Crippen LogP contribution in [-0.4, -0.2) is 5.78 Å². The van der Waals surface area contributed by atoms with Gasteiger partial charge in [0.05, 0.1) is 0 Å². The number of hydrogen-bond acceptors (Lipinski definition) is 1. The highest BCUT2D eigenvalue weighted by Gasteiger charge is 1.95. The number of hydrogen-bond donors (Lipinski definition) is 0. The van der Waals surface area contributed by atoms with E-state index in [0.29, 0.717) is 6.42 Å². The van der Waals surface area contributed by atoms with Crippen molar-refractivity contribution in [1.82, 2.24) is 0 Å². The summed E-state index contributed by atoms with van der Waals surface area (Å²) in [4.78, 5) is 10.8. The van der Waals surface area contributed by atoms with Crippen molar-refractivity contribution in [3.8, 4) is 0 Å². The molecule has 0 atom stereocenters. The Morgan fingerprint density at radius 1 is 1.13 bits per heavy atom. The average molecular weight is 202 g/mol. The van der Waals surface area contributed by atoms with Crippen LogP contribution in [0.3, 0.4) is 0 Å². The topological polar surface area (TPSA) is 17.1 Å².